The van der Waals surface area contributed by atoms with Crippen molar-refractivity contribution in [3.8, 4) is 0 Å². The normalized spacial score (nSPS) is 18.6. The first-order valence-corrected chi connectivity index (χ1v) is 7.78. The summed E-state index contributed by atoms with van der Waals surface area (Å²) < 4.78 is 3.27. The van der Waals surface area contributed by atoms with Crippen LogP contribution in [0.2, 0.25) is 0 Å². The minimum Gasteiger partial charge on any atom is -0.337 e. The number of nitrogens with one attached hydrogen (secondary N) is 1. The Morgan fingerprint density at radius 2 is 2.21 bits per heavy atom. The van der Waals surface area contributed by atoms with Crippen LogP contribution in [0.25, 0.3) is 0 Å². The lowest BCUT2D eigenvalue weighted by molar-refractivity contribution is 0.0790. The zero-order chi connectivity index (χ0) is 13.7. The Balaban J connectivity index is 1.94. The van der Waals surface area contributed by atoms with Crippen molar-refractivity contribution in [1.82, 2.24) is 9.62 Å². The van der Waals surface area contributed by atoms with Crippen molar-refractivity contribution in [2.75, 3.05) is 13.1 Å². The summed E-state index contributed by atoms with van der Waals surface area (Å²) in [6.45, 7) is 5.18. The molecule has 1 aliphatic heterocycles. The van der Waals surface area contributed by atoms with Gasteiger partial charge in [0.25, 0.3) is 5.91 Å². The van der Waals surface area contributed by atoms with Gasteiger partial charge in [-0.25, -0.2) is 0 Å². The molecule has 19 heavy (non-hydrogen) atoms. The Bertz CT molecular complexity index is 450. The quantitative estimate of drug-likeness (QED) is 0.816. The van der Waals surface area contributed by atoms with Crippen LogP contribution in [0.4, 0.5) is 0 Å². The molecule has 0 spiro atoms. The molecule has 0 radical (unpaired) electrons. The summed E-state index contributed by atoms with van der Waals surface area (Å²) in [5, 5.41) is 7.22. The second-order valence-corrected chi connectivity index (χ2v) is 5.79. The van der Waals surface area contributed by atoms with Gasteiger partial charge in [0.15, 0.2) is 0 Å². The fraction of sp³-hybridized carbons (Fsp3) is 0.308. The summed E-state index contributed by atoms with van der Waals surface area (Å²) in [6, 6.07) is 7.74. The third-order valence-corrected chi connectivity index (χ3v) is 4.21. The first-order chi connectivity index (χ1) is 9.24. The highest BCUT2D eigenvalue weighted by Gasteiger charge is 2.26. The fourth-order valence-electron chi connectivity index (χ4n) is 2.04. The standard InChI is InChI=1S/C13H17N3OS2/c1-2-18-15-11-7-8-16(9-11)13(17)10-3-5-12(19-14)6-4-10/h2-6,11,15H,1,7-9,14H2. The lowest BCUT2D eigenvalue weighted by Crippen LogP contribution is -2.32. The molecule has 0 aromatic heterocycles. The Hall–Kier alpha value is -0.950. The summed E-state index contributed by atoms with van der Waals surface area (Å²) in [4.78, 5) is 15.1. The summed E-state index contributed by atoms with van der Waals surface area (Å²) in [5.74, 6) is 0.0847. The number of carbonyl (C=O) groups is 1. The highest BCUT2D eigenvalue weighted by atomic mass is 32.2. The molecule has 4 nitrogen and oxygen atoms in total. The number of nitrogens with two attached hydrogens (primary N) is 1. The van der Waals surface area contributed by atoms with Crippen molar-refractivity contribution in [3.63, 3.8) is 0 Å². The second-order valence-electron chi connectivity index (χ2n) is 4.28. The van der Waals surface area contributed by atoms with Gasteiger partial charge in [-0.15, -0.1) is 0 Å². The Morgan fingerprint density at radius 3 is 2.84 bits per heavy atom. The van der Waals surface area contributed by atoms with Crippen LogP contribution in [0.3, 0.4) is 0 Å². The zero-order valence-corrected chi connectivity index (χ0v) is 12.2. The lowest BCUT2D eigenvalue weighted by Gasteiger charge is -2.16. The number of hydrogen-bond donors (Lipinski definition) is 2. The average Bonchev–Trinajstić information content (AvgIpc) is 2.93. The zero-order valence-electron chi connectivity index (χ0n) is 10.5. The van der Waals surface area contributed by atoms with E-state index in [1.807, 2.05) is 29.2 Å². The van der Waals surface area contributed by atoms with Gasteiger partial charge in [0.05, 0.1) is 0 Å². The molecular weight excluding hydrogens is 278 g/mol. The molecule has 6 heteroatoms. The molecule has 0 saturated carbocycles. The first-order valence-electron chi connectivity index (χ1n) is 6.02. The molecule has 2 rings (SSSR count). The number of nitrogens with zero attached hydrogens (tertiary/aromatic N) is 1. The van der Waals surface area contributed by atoms with Gasteiger partial charge in [-0.2, -0.15) is 0 Å². The highest BCUT2D eigenvalue weighted by Crippen LogP contribution is 2.17. The smallest absolute Gasteiger partial charge is 0.253 e. The van der Waals surface area contributed by atoms with Crippen LogP contribution in [0.1, 0.15) is 16.8 Å². The molecule has 1 aromatic carbocycles. The average molecular weight is 295 g/mol. The molecule has 1 aliphatic rings. The third-order valence-electron chi connectivity index (χ3n) is 3.03. The molecule has 1 aromatic rings. The Labute approximate surface area is 122 Å². The van der Waals surface area contributed by atoms with Crippen molar-refractivity contribution in [2.24, 2.45) is 5.14 Å². The van der Waals surface area contributed by atoms with Gasteiger partial charge >= 0.3 is 0 Å². The van der Waals surface area contributed by atoms with E-state index >= 15 is 0 Å². The molecule has 3 N–H and O–H groups in total. The molecule has 1 saturated heterocycles. The van der Waals surface area contributed by atoms with Gasteiger partial charge in [-0.1, -0.05) is 18.5 Å². The van der Waals surface area contributed by atoms with E-state index in [1.165, 1.54) is 23.9 Å². The minimum atomic E-state index is 0.0847. The summed E-state index contributed by atoms with van der Waals surface area (Å²) in [7, 11) is 0. The fourth-order valence-corrected chi connectivity index (χ4v) is 2.82. The maximum absolute atomic E-state index is 12.3. The molecule has 1 heterocycles. The molecule has 0 bridgehead atoms. The van der Waals surface area contributed by atoms with E-state index in [-0.39, 0.29) is 5.91 Å². The van der Waals surface area contributed by atoms with E-state index in [1.54, 1.807) is 5.41 Å². The third kappa shape index (κ3) is 3.76. The Kier molecular flexibility index (Phi) is 5.33. The monoisotopic (exact) mass is 295 g/mol. The number of benzene rings is 1. The topological polar surface area (TPSA) is 58.4 Å². The molecule has 1 unspecified atom stereocenters. The van der Waals surface area contributed by atoms with E-state index < -0.39 is 0 Å². The minimum absolute atomic E-state index is 0.0847. The predicted octanol–water partition coefficient (Wildman–Crippen LogP) is 2.25. The molecule has 1 fully saturated rings. The van der Waals surface area contributed by atoms with Crippen molar-refractivity contribution in [3.05, 3.63) is 41.8 Å². The summed E-state index contributed by atoms with van der Waals surface area (Å²) in [6.07, 6.45) is 0.976. The van der Waals surface area contributed by atoms with Crippen molar-refractivity contribution >= 4 is 29.8 Å². The molecule has 1 amide bonds. The van der Waals surface area contributed by atoms with Crippen molar-refractivity contribution in [1.29, 1.82) is 0 Å². The van der Waals surface area contributed by atoms with Crippen molar-refractivity contribution in [2.45, 2.75) is 17.4 Å². The molecule has 1 atom stereocenters. The number of amides is 1. The van der Waals surface area contributed by atoms with Crippen LogP contribution < -0.4 is 9.86 Å². The van der Waals surface area contributed by atoms with E-state index in [0.717, 1.165) is 30.0 Å². The highest BCUT2D eigenvalue weighted by molar-refractivity contribution is 8.00. The predicted molar refractivity (Wildman–Crippen MR) is 81.7 cm³/mol. The van der Waals surface area contributed by atoms with Gasteiger partial charge in [-0.05, 0) is 48.0 Å². The summed E-state index contributed by atoms with van der Waals surface area (Å²) in [5.41, 5.74) is 0.717. The van der Waals surface area contributed by atoms with Crippen LogP contribution in [0, 0.1) is 0 Å². The van der Waals surface area contributed by atoms with Crippen LogP contribution in [-0.2, 0) is 0 Å². The molecule has 102 valence electrons. The SMILES string of the molecule is C=CSNC1CCN(C(=O)c2ccc(SN)cc2)C1. The van der Waals surface area contributed by atoms with E-state index in [9.17, 15) is 4.79 Å². The van der Waals surface area contributed by atoms with Crippen molar-refractivity contribution < 1.29 is 4.79 Å². The maximum atomic E-state index is 12.3. The first kappa shape index (κ1) is 14.5. The Morgan fingerprint density at radius 1 is 1.47 bits per heavy atom. The van der Waals surface area contributed by atoms with Crippen LogP contribution in [0.5, 0.6) is 0 Å². The number of likely N-dealkylation sites (tertiary alicyclic amines) is 1. The maximum Gasteiger partial charge on any atom is 0.253 e. The van der Waals surface area contributed by atoms with E-state index in [4.69, 9.17) is 5.14 Å². The van der Waals surface area contributed by atoms with Gasteiger partial charge in [0.1, 0.15) is 0 Å². The number of hydrogen-bond acceptors (Lipinski definition) is 5. The van der Waals surface area contributed by atoms with Gasteiger partial charge in [0, 0.05) is 29.6 Å². The molecule has 0 aliphatic carbocycles. The number of carbonyl (C=O) groups excluding carboxylic acids is 1. The van der Waals surface area contributed by atoms with Gasteiger partial charge < -0.3 is 4.90 Å². The largest absolute Gasteiger partial charge is 0.337 e. The van der Waals surface area contributed by atoms with Crippen LogP contribution in [0.15, 0.2) is 41.1 Å². The number of rotatable bonds is 5. The van der Waals surface area contributed by atoms with Crippen LogP contribution in [-0.4, -0.2) is 29.9 Å². The lowest BCUT2D eigenvalue weighted by atomic mass is 10.2. The molecular formula is C13H17N3OS2. The van der Waals surface area contributed by atoms with Gasteiger partial charge in [0.2, 0.25) is 0 Å². The van der Waals surface area contributed by atoms with Crippen LogP contribution >= 0.6 is 23.9 Å². The van der Waals surface area contributed by atoms with E-state index in [0.29, 0.717) is 6.04 Å². The van der Waals surface area contributed by atoms with E-state index in [2.05, 4.69) is 11.3 Å². The van der Waals surface area contributed by atoms with Gasteiger partial charge in [-0.3, -0.25) is 14.7 Å². The second kappa shape index (κ2) is 7.00. The summed E-state index contributed by atoms with van der Waals surface area (Å²) >= 11 is 2.66.